The third-order valence-corrected chi connectivity index (χ3v) is 6.14. The molecule has 0 unspecified atom stereocenters. The summed E-state index contributed by atoms with van der Waals surface area (Å²) in [7, 11) is -2.38. The van der Waals surface area contributed by atoms with Gasteiger partial charge in [0.25, 0.3) is 5.56 Å². The first kappa shape index (κ1) is 21.0. The third kappa shape index (κ3) is 4.02. The molecular weight excluding hydrogens is 414 g/mol. The maximum absolute atomic E-state index is 12.7. The maximum Gasteiger partial charge on any atom is 0.332 e. The van der Waals surface area contributed by atoms with Crippen molar-refractivity contribution in [2.75, 3.05) is 5.73 Å². The Morgan fingerprint density at radius 1 is 1.17 bits per heavy atom. The van der Waals surface area contributed by atoms with Gasteiger partial charge in [-0.25, -0.2) is 23.3 Å². The van der Waals surface area contributed by atoms with Gasteiger partial charge >= 0.3 is 5.69 Å². The average Bonchev–Trinajstić information content (AvgIpc) is 3.12. The highest BCUT2D eigenvalue weighted by molar-refractivity contribution is 7.89. The van der Waals surface area contributed by atoms with Gasteiger partial charge in [-0.1, -0.05) is 26.0 Å². The minimum absolute atomic E-state index is 0.00287. The van der Waals surface area contributed by atoms with Gasteiger partial charge in [0.2, 0.25) is 10.0 Å². The maximum atomic E-state index is 12.7. The van der Waals surface area contributed by atoms with E-state index in [-0.39, 0.29) is 22.2 Å². The lowest BCUT2D eigenvalue weighted by molar-refractivity contribution is 0.494. The van der Waals surface area contributed by atoms with Crippen LogP contribution in [0.5, 0.6) is 0 Å². The molecule has 3 aromatic rings. The van der Waals surface area contributed by atoms with Crippen LogP contribution in [0.2, 0.25) is 0 Å². The lowest BCUT2D eigenvalue weighted by atomic mass is 10.2. The molecule has 1 aromatic carbocycles. The van der Waals surface area contributed by atoms with E-state index in [0.29, 0.717) is 22.8 Å². The zero-order valence-electron chi connectivity index (χ0n) is 16.1. The largest absolute Gasteiger partial charge is 0.384 e. The molecule has 29 heavy (non-hydrogen) atoms. The molecule has 0 radical (unpaired) electrons. The Balaban J connectivity index is 2.10. The highest BCUT2D eigenvalue weighted by atomic mass is 32.2. The molecule has 3 rings (SSSR count). The predicted molar refractivity (Wildman–Crippen MR) is 113 cm³/mol. The summed E-state index contributed by atoms with van der Waals surface area (Å²) in [6.45, 7) is 4.27. The summed E-state index contributed by atoms with van der Waals surface area (Å²) in [5, 5.41) is 7.37. The van der Waals surface area contributed by atoms with E-state index in [9.17, 15) is 18.0 Å². The topological polar surface area (TPSA) is 143 Å². The van der Waals surface area contributed by atoms with E-state index >= 15 is 0 Å². The number of rotatable bonds is 5. The quantitative estimate of drug-likeness (QED) is 0.617. The fourth-order valence-electron chi connectivity index (χ4n) is 2.87. The molecule has 0 aliphatic rings. The molecule has 11 heteroatoms. The van der Waals surface area contributed by atoms with Crippen molar-refractivity contribution in [2.24, 2.45) is 18.1 Å². The summed E-state index contributed by atoms with van der Waals surface area (Å²) in [4.78, 5) is 29.6. The predicted octanol–water partition coefficient (Wildman–Crippen LogP) is 1.22. The molecular formula is C18H21N5O4S2. The zero-order chi connectivity index (χ0) is 21.5. The summed E-state index contributed by atoms with van der Waals surface area (Å²) in [5.41, 5.74) is 6.38. The molecule has 9 nitrogen and oxygen atoms in total. The van der Waals surface area contributed by atoms with Gasteiger partial charge < -0.3 is 5.73 Å². The van der Waals surface area contributed by atoms with Gasteiger partial charge in [0.15, 0.2) is 0 Å². The Kier molecular flexibility index (Phi) is 5.48. The van der Waals surface area contributed by atoms with Crippen LogP contribution < -0.4 is 22.1 Å². The minimum atomic E-state index is -3.78. The molecule has 0 aliphatic heterocycles. The number of nitrogens with zero attached hydrogens (tertiary/aromatic N) is 3. The number of primary sulfonamides is 1. The fourth-order valence-corrected chi connectivity index (χ4v) is 4.21. The number of thiazole rings is 1. The van der Waals surface area contributed by atoms with E-state index in [0.717, 1.165) is 4.57 Å². The number of hydrogen-bond donors (Lipinski definition) is 2. The van der Waals surface area contributed by atoms with Crippen LogP contribution in [0.1, 0.15) is 13.8 Å². The van der Waals surface area contributed by atoms with Gasteiger partial charge in [-0.3, -0.25) is 13.9 Å². The number of hydrogen-bond acceptors (Lipinski definition) is 7. The van der Waals surface area contributed by atoms with Crippen molar-refractivity contribution < 1.29 is 8.42 Å². The molecule has 0 aliphatic carbocycles. The Morgan fingerprint density at radius 3 is 2.34 bits per heavy atom. The molecule has 0 atom stereocenters. The van der Waals surface area contributed by atoms with Gasteiger partial charge in [0.1, 0.15) is 16.4 Å². The van der Waals surface area contributed by atoms with Gasteiger partial charge in [0, 0.05) is 24.5 Å². The summed E-state index contributed by atoms with van der Waals surface area (Å²) >= 11 is 1.28. The van der Waals surface area contributed by atoms with Crippen LogP contribution in [0.4, 0.5) is 5.82 Å². The first-order valence-corrected chi connectivity index (χ1v) is 11.1. The first-order chi connectivity index (χ1) is 13.5. The lowest BCUT2D eigenvalue weighted by Crippen LogP contribution is -2.41. The summed E-state index contributed by atoms with van der Waals surface area (Å²) in [5.74, 6) is 0.233. The van der Waals surface area contributed by atoms with Crippen molar-refractivity contribution in [3.8, 4) is 21.8 Å². The second kappa shape index (κ2) is 7.58. The van der Waals surface area contributed by atoms with Crippen molar-refractivity contribution in [2.45, 2.75) is 25.3 Å². The van der Waals surface area contributed by atoms with E-state index in [1.165, 1.54) is 35.1 Å². The summed E-state index contributed by atoms with van der Waals surface area (Å²) in [6.07, 6.45) is 0. The van der Waals surface area contributed by atoms with Crippen LogP contribution in [-0.4, -0.2) is 22.5 Å². The molecule has 0 bridgehead atoms. The first-order valence-electron chi connectivity index (χ1n) is 8.69. The van der Waals surface area contributed by atoms with Crippen LogP contribution in [0, 0.1) is 5.92 Å². The Bertz CT molecular complexity index is 1290. The molecule has 2 heterocycles. The SMILES string of the molecule is CC(C)Cn1c(N)c(-c2csc(-c3ccc(S(N)(=O)=O)cc3)n2)c(=O)n(C)c1=O. The summed E-state index contributed by atoms with van der Waals surface area (Å²) < 4.78 is 25.2. The normalized spacial score (nSPS) is 11.9. The van der Waals surface area contributed by atoms with Crippen molar-refractivity contribution in [1.82, 2.24) is 14.1 Å². The van der Waals surface area contributed by atoms with Crippen molar-refractivity contribution in [3.63, 3.8) is 0 Å². The monoisotopic (exact) mass is 435 g/mol. The smallest absolute Gasteiger partial charge is 0.332 e. The van der Waals surface area contributed by atoms with Crippen molar-refractivity contribution in [3.05, 3.63) is 50.5 Å². The van der Waals surface area contributed by atoms with E-state index in [2.05, 4.69) is 4.98 Å². The molecule has 0 saturated carbocycles. The summed E-state index contributed by atoms with van der Waals surface area (Å²) in [6, 6.07) is 5.96. The van der Waals surface area contributed by atoms with Crippen LogP contribution >= 0.6 is 11.3 Å². The van der Waals surface area contributed by atoms with Crippen molar-refractivity contribution >= 4 is 27.2 Å². The van der Waals surface area contributed by atoms with E-state index < -0.39 is 21.3 Å². The van der Waals surface area contributed by atoms with Crippen LogP contribution in [-0.2, 0) is 23.6 Å². The Hall–Kier alpha value is -2.76. The Labute approximate surface area is 171 Å². The fraction of sp³-hybridized carbons (Fsp3) is 0.278. The molecule has 154 valence electrons. The molecule has 4 N–H and O–H groups in total. The number of nitrogens with two attached hydrogens (primary N) is 2. The van der Waals surface area contributed by atoms with E-state index in [1.807, 2.05) is 13.8 Å². The number of nitrogen functional groups attached to an aromatic ring is 1. The molecule has 2 aromatic heterocycles. The van der Waals surface area contributed by atoms with Gasteiger partial charge in [-0.15, -0.1) is 11.3 Å². The third-order valence-electron chi connectivity index (χ3n) is 4.32. The van der Waals surface area contributed by atoms with Gasteiger partial charge in [0.05, 0.1) is 10.6 Å². The molecule has 0 fully saturated rings. The molecule has 0 spiro atoms. The van der Waals surface area contributed by atoms with Crippen LogP contribution in [0.25, 0.3) is 21.8 Å². The molecule has 0 amide bonds. The number of sulfonamides is 1. The minimum Gasteiger partial charge on any atom is -0.384 e. The Morgan fingerprint density at radius 2 is 1.79 bits per heavy atom. The number of aromatic nitrogens is 3. The van der Waals surface area contributed by atoms with E-state index in [4.69, 9.17) is 10.9 Å². The van der Waals surface area contributed by atoms with Gasteiger partial charge in [-0.05, 0) is 18.1 Å². The van der Waals surface area contributed by atoms with E-state index in [1.54, 1.807) is 17.5 Å². The van der Waals surface area contributed by atoms with Crippen LogP contribution in [0.3, 0.4) is 0 Å². The zero-order valence-corrected chi connectivity index (χ0v) is 17.8. The highest BCUT2D eigenvalue weighted by Gasteiger charge is 2.20. The molecule has 0 saturated heterocycles. The lowest BCUT2D eigenvalue weighted by Gasteiger charge is -2.15. The average molecular weight is 436 g/mol. The number of anilines is 1. The number of benzene rings is 1. The van der Waals surface area contributed by atoms with Crippen LogP contribution in [0.15, 0.2) is 44.1 Å². The van der Waals surface area contributed by atoms with Gasteiger partial charge in [-0.2, -0.15) is 0 Å². The second-order valence-corrected chi connectivity index (χ2v) is 9.44. The highest BCUT2D eigenvalue weighted by Crippen LogP contribution is 2.30. The second-order valence-electron chi connectivity index (χ2n) is 7.02. The van der Waals surface area contributed by atoms with Crippen molar-refractivity contribution in [1.29, 1.82) is 0 Å². The standard InChI is InChI=1S/C18H21N5O4S2/c1-10(2)8-23-15(19)14(17(24)22(3)18(23)25)13-9-28-16(21-13)11-4-6-12(7-5-11)29(20,26)27/h4-7,9-10H,8,19H2,1-3H3,(H2,20,26,27).